The van der Waals surface area contributed by atoms with Crippen LogP contribution in [0.1, 0.15) is 51.6 Å². The molecule has 0 spiro atoms. The van der Waals surface area contributed by atoms with Crippen molar-refractivity contribution in [2.75, 3.05) is 0 Å². The molecule has 0 aromatic heterocycles. The summed E-state index contributed by atoms with van der Waals surface area (Å²) in [5.41, 5.74) is 7.04. The third-order valence-electron chi connectivity index (χ3n) is 3.88. The Hall–Kier alpha value is -0.580. The van der Waals surface area contributed by atoms with Crippen LogP contribution >= 0.6 is 27.5 Å². The van der Waals surface area contributed by atoms with E-state index in [2.05, 4.69) is 15.9 Å². The van der Waals surface area contributed by atoms with Crippen LogP contribution in [0.4, 0.5) is 0 Å². The molecule has 3 nitrogen and oxygen atoms in total. The van der Waals surface area contributed by atoms with Crippen molar-refractivity contribution in [3.63, 3.8) is 0 Å². The smallest absolute Gasteiger partial charge is 0.223 e. The molecular weight excluding hydrogens is 352 g/mol. The predicted molar refractivity (Wildman–Crippen MR) is 90.3 cm³/mol. The summed E-state index contributed by atoms with van der Waals surface area (Å²) in [7, 11) is 0. The summed E-state index contributed by atoms with van der Waals surface area (Å²) < 4.78 is 0.923. The molecule has 2 atom stereocenters. The average Bonchev–Trinajstić information content (AvgIpc) is 2.48. The largest absolute Gasteiger partial charge is 0.329 e. The summed E-state index contributed by atoms with van der Waals surface area (Å²) in [6.07, 6.45) is 2.21. The van der Waals surface area contributed by atoms with Crippen molar-refractivity contribution in [3.8, 4) is 0 Å². The molecule has 116 valence electrons. The summed E-state index contributed by atoms with van der Waals surface area (Å²) >= 11 is 9.84. The molecule has 1 aliphatic rings. The lowest BCUT2D eigenvalue weighted by Crippen LogP contribution is -2.51. The first-order chi connectivity index (χ1) is 9.71. The van der Waals surface area contributed by atoms with Crippen LogP contribution in [0.3, 0.4) is 0 Å². The topological polar surface area (TPSA) is 46.3 Å². The highest BCUT2D eigenvalue weighted by Crippen LogP contribution is 2.38. The quantitative estimate of drug-likeness (QED) is 0.798. The molecule has 1 amide bonds. The van der Waals surface area contributed by atoms with Crippen LogP contribution in [-0.4, -0.2) is 22.4 Å². The summed E-state index contributed by atoms with van der Waals surface area (Å²) in [6.45, 7) is 6.13. The molecule has 0 aliphatic carbocycles. The minimum atomic E-state index is -0.292. The maximum absolute atomic E-state index is 12.6. The van der Waals surface area contributed by atoms with E-state index < -0.39 is 0 Å². The van der Waals surface area contributed by atoms with Crippen LogP contribution in [0.5, 0.6) is 0 Å². The van der Waals surface area contributed by atoms with Gasteiger partial charge < -0.3 is 10.6 Å². The lowest BCUT2D eigenvalue weighted by molar-refractivity contribution is -0.139. The Balaban J connectivity index is 2.54. The minimum Gasteiger partial charge on any atom is -0.329 e. The van der Waals surface area contributed by atoms with E-state index in [9.17, 15) is 4.79 Å². The van der Waals surface area contributed by atoms with Gasteiger partial charge in [0.1, 0.15) is 0 Å². The zero-order chi connectivity index (χ0) is 15.8. The van der Waals surface area contributed by atoms with Crippen LogP contribution < -0.4 is 5.73 Å². The molecule has 0 bridgehead atoms. The van der Waals surface area contributed by atoms with Gasteiger partial charge in [-0.05, 0) is 51.3 Å². The molecule has 2 rings (SSSR count). The number of hydrogen-bond acceptors (Lipinski definition) is 2. The number of carbonyl (C=O) groups excluding carboxylic acids is 1. The Labute approximate surface area is 140 Å². The van der Waals surface area contributed by atoms with E-state index in [0.29, 0.717) is 11.4 Å². The number of halogens is 2. The number of amides is 1. The van der Waals surface area contributed by atoms with Gasteiger partial charge >= 0.3 is 0 Å². The van der Waals surface area contributed by atoms with Crippen molar-refractivity contribution in [1.82, 2.24) is 4.90 Å². The Morgan fingerprint density at radius 2 is 2.05 bits per heavy atom. The molecule has 1 saturated heterocycles. The standard InChI is InChI=1S/C16H22BrClN2O/c1-16(2,3)20-14(21)6-4-5-13(19)15(20)11-8-7-10(17)9-12(11)18/h7-9,13,15H,4-6,19H2,1-3H3. The Morgan fingerprint density at radius 1 is 1.38 bits per heavy atom. The number of nitrogens with two attached hydrogens (primary N) is 1. The maximum Gasteiger partial charge on any atom is 0.223 e. The fourth-order valence-electron chi connectivity index (χ4n) is 3.02. The van der Waals surface area contributed by atoms with Gasteiger partial charge in [0.05, 0.1) is 6.04 Å². The summed E-state index contributed by atoms with van der Waals surface area (Å²) in [5.74, 6) is 0.152. The van der Waals surface area contributed by atoms with Gasteiger partial charge in [-0.25, -0.2) is 0 Å². The van der Waals surface area contributed by atoms with Gasteiger partial charge in [0.2, 0.25) is 5.91 Å². The second-order valence-electron chi connectivity index (χ2n) is 6.60. The lowest BCUT2D eigenvalue weighted by atomic mass is 9.92. The first-order valence-corrected chi connectivity index (χ1v) is 8.41. The molecule has 0 saturated carbocycles. The maximum atomic E-state index is 12.6. The third-order valence-corrected chi connectivity index (χ3v) is 4.70. The fraction of sp³-hybridized carbons (Fsp3) is 0.562. The van der Waals surface area contributed by atoms with Gasteiger partial charge in [0, 0.05) is 27.5 Å². The number of rotatable bonds is 1. The highest BCUT2D eigenvalue weighted by atomic mass is 79.9. The van der Waals surface area contributed by atoms with E-state index in [4.69, 9.17) is 17.3 Å². The van der Waals surface area contributed by atoms with Crippen molar-refractivity contribution >= 4 is 33.4 Å². The SMILES string of the molecule is CC(C)(C)N1C(=O)CCCC(N)C1c1ccc(Br)cc1Cl. The highest BCUT2D eigenvalue weighted by molar-refractivity contribution is 9.10. The third kappa shape index (κ3) is 3.61. The predicted octanol–water partition coefficient (Wildman–Crippen LogP) is 4.28. The minimum absolute atomic E-state index is 0.102. The molecule has 21 heavy (non-hydrogen) atoms. The van der Waals surface area contributed by atoms with Crippen molar-refractivity contribution in [3.05, 3.63) is 33.3 Å². The summed E-state index contributed by atoms with van der Waals surface area (Å²) in [5, 5.41) is 0.647. The van der Waals surface area contributed by atoms with E-state index in [0.717, 1.165) is 22.9 Å². The molecule has 2 N–H and O–H groups in total. The Kier molecular flexibility index (Phi) is 5.01. The number of carbonyl (C=O) groups is 1. The number of nitrogens with zero attached hydrogens (tertiary/aromatic N) is 1. The number of likely N-dealkylation sites (tertiary alicyclic amines) is 1. The molecule has 5 heteroatoms. The highest BCUT2D eigenvalue weighted by Gasteiger charge is 2.39. The first-order valence-electron chi connectivity index (χ1n) is 7.24. The Morgan fingerprint density at radius 3 is 2.62 bits per heavy atom. The molecule has 1 heterocycles. The summed E-state index contributed by atoms with van der Waals surface area (Å²) in [4.78, 5) is 14.5. The van der Waals surface area contributed by atoms with Crippen LogP contribution in [0, 0.1) is 0 Å². The van der Waals surface area contributed by atoms with Gasteiger partial charge in [-0.2, -0.15) is 0 Å². The van der Waals surface area contributed by atoms with E-state index in [1.54, 1.807) is 0 Å². The monoisotopic (exact) mass is 372 g/mol. The molecule has 1 fully saturated rings. The molecule has 0 radical (unpaired) electrons. The molecular formula is C16H22BrClN2O. The average molecular weight is 374 g/mol. The van der Waals surface area contributed by atoms with Crippen molar-refractivity contribution in [2.24, 2.45) is 5.73 Å². The molecule has 1 aromatic carbocycles. The van der Waals surface area contributed by atoms with Crippen LogP contribution in [0.15, 0.2) is 22.7 Å². The van der Waals surface area contributed by atoms with Gasteiger partial charge in [0.15, 0.2) is 0 Å². The summed E-state index contributed by atoms with van der Waals surface area (Å²) in [6, 6.07) is 5.49. The molecule has 1 aliphatic heterocycles. The van der Waals surface area contributed by atoms with E-state index >= 15 is 0 Å². The van der Waals surface area contributed by atoms with Crippen LogP contribution in [0.25, 0.3) is 0 Å². The van der Waals surface area contributed by atoms with E-state index in [-0.39, 0.29) is 23.5 Å². The van der Waals surface area contributed by atoms with Gasteiger partial charge in [-0.3, -0.25) is 4.79 Å². The second kappa shape index (κ2) is 6.27. The second-order valence-corrected chi connectivity index (χ2v) is 7.92. The van der Waals surface area contributed by atoms with Gasteiger partial charge in [-0.1, -0.05) is 33.6 Å². The van der Waals surface area contributed by atoms with Crippen molar-refractivity contribution < 1.29 is 4.79 Å². The zero-order valence-corrected chi connectivity index (χ0v) is 15.0. The van der Waals surface area contributed by atoms with Crippen molar-refractivity contribution in [1.29, 1.82) is 0 Å². The van der Waals surface area contributed by atoms with Crippen LogP contribution in [-0.2, 0) is 4.79 Å². The number of benzene rings is 1. The van der Waals surface area contributed by atoms with Gasteiger partial charge in [0.25, 0.3) is 0 Å². The molecule has 1 aromatic rings. The fourth-order valence-corrected chi connectivity index (χ4v) is 3.80. The normalized spacial score (nSPS) is 24.1. The van der Waals surface area contributed by atoms with Crippen molar-refractivity contribution in [2.45, 2.75) is 57.7 Å². The van der Waals surface area contributed by atoms with E-state index in [1.807, 2.05) is 43.9 Å². The zero-order valence-electron chi connectivity index (χ0n) is 12.7. The number of hydrogen-bond donors (Lipinski definition) is 1. The Bertz CT molecular complexity index is 542. The first kappa shape index (κ1) is 16.8. The van der Waals surface area contributed by atoms with Gasteiger partial charge in [-0.15, -0.1) is 0 Å². The lowest BCUT2D eigenvalue weighted by Gasteiger charge is -2.43. The van der Waals surface area contributed by atoms with Crippen LogP contribution in [0.2, 0.25) is 5.02 Å². The molecule has 2 unspecified atom stereocenters. The van der Waals surface area contributed by atoms with E-state index in [1.165, 1.54) is 0 Å².